The Morgan fingerprint density at radius 1 is 1.50 bits per heavy atom. The average molecular weight is 298 g/mol. The molecule has 2 N–H and O–H groups in total. The zero-order valence-corrected chi connectivity index (χ0v) is 12.1. The molecule has 1 unspecified atom stereocenters. The zero-order chi connectivity index (χ0) is 14.8. The van der Waals surface area contributed by atoms with Crippen LogP contribution in [0.4, 0.5) is 0 Å². The van der Waals surface area contributed by atoms with Gasteiger partial charge in [-0.3, -0.25) is 0 Å². The summed E-state index contributed by atoms with van der Waals surface area (Å²) in [6, 6.07) is 5.94. The summed E-state index contributed by atoms with van der Waals surface area (Å²) in [5.74, 6) is -1.26. The second-order valence-corrected chi connectivity index (χ2v) is 6.88. The Hall–Kier alpha value is -1.44. The standard InChI is InChI=1S/C13H18N2O4S/c1-15-6-5-12(8-15)14-20(18,19)9-10-3-2-4-11(7-10)13(16)17/h2-4,7,12,14H,5-6,8-9H2,1H3,(H,16,17). The number of likely N-dealkylation sites (tertiary alicyclic amines) is 1. The van der Waals surface area contributed by atoms with Crippen LogP contribution in [0.2, 0.25) is 0 Å². The van der Waals surface area contributed by atoms with E-state index in [9.17, 15) is 13.2 Å². The molecule has 20 heavy (non-hydrogen) atoms. The first-order valence-electron chi connectivity index (χ1n) is 6.36. The number of benzene rings is 1. The highest BCUT2D eigenvalue weighted by molar-refractivity contribution is 7.88. The van der Waals surface area contributed by atoms with Gasteiger partial charge in [-0.2, -0.15) is 0 Å². The number of carboxylic acid groups (broad SMARTS) is 1. The molecule has 1 atom stereocenters. The number of sulfonamides is 1. The molecule has 0 aromatic heterocycles. The molecule has 110 valence electrons. The molecule has 0 saturated carbocycles. The summed E-state index contributed by atoms with van der Waals surface area (Å²) < 4.78 is 26.8. The molecule has 0 aliphatic carbocycles. The zero-order valence-electron chi connectivity index (χ0n) is 11.2. The fraction of sp³-hybridized carbons (Fsp3) is 0.462. The maximum absolute atomic E-state index is 12.1. The predicted octanol–water partition coefficient (Wildman–Crippen LogP) is 0.508. The number of carbonyl (C=O) groups is 1. The normalized spacial score (nSPS) is 20.1. The second kappa shape index (κ2) is 5.90. The van der Waals surface area contributed by atoms with Crippen LogP contribution < -0.4 is 4.72 Å². The average Bonchev–Trinajstić information content (AvgIpc) is 2.73. The van der Waals surface area contributed by atoms with E-state index in [1.165, 1.54) is 12.1 Å². The summed E-state index contributed by atoms with van der Waals surface area (Å²) in [6.45, 7) is 1.58. The van der Waals surface area contributed by atoms with E-state index in [4.69, 9.17) is 5.11 Å². The Morgan fingerprint density at radius 3 is 2.85 bits per heavy atom. The molecule has 1 saturated heterocycles. The first kappa shape index (κ1) is 15.0. The van der Waals surface area contributed by atoms with Gasteiger partial charge in [-0.15, -0.1) is 0 Å². The predicted molar refractivity (Wildman–Crippen MR) is 75.1 cm³/mol. The van der Waals surface area contributed by atoms with Crippen LogP contribution in [0.5, 0.6) is 0 Å². The van der Waals surface area contributed by atoms with E-state index < -0.39 is 16.0 Å². The number of rotatable bonds is 5. The van der Waals surface area contributed by atoms with Crippen molar-refractivity contribution in [3.8, 4) is 0 Å². The van der Waals surface area contributed by atoms with Gasteiger partial charge < -0.3 is 10.0 Å². The molecular weight excluding hydrogens is 280 g/mol. The quantitative estimate of drug-likeness (QED) is 0.827. The van der Waals surface area contributed by atoms with Gasteiger partial charge in [0.15, 0.2) is 0 Å². The van der Waals surface area contributed by atoms with Gasteiger partial charge in [0.05, 0.1) is 11.3 Å². The van der Waals surface area contributed by atoms with Crippen LogP contribution in [-0.4, -0.2) is 50.6 Å². The molecule has 0 amide bonds. The van der Waals surface area contributed by atoms with Crippen LogP contribution in [0.3, 0.4) is 0 Å². The molecule has 1 aromatic carbocycles. The molecule has 1 aliphatic heterocycles. The lowest BCUT2D eigenvalue weighted by Gasteiger charge is -2.13. The second-order valence-electron chi connectivity index (χ2n) is 5.13. The molecule has 7 heteroatoms. The van der Waals surface area contributed by atoms with E-state index in [-0.39, 0.29) is 17.4 Å². The minimum atomic E-state index is -3.45. The van der Waals surface area contributed by atoms with Gasteiger partial charge >= 0.3 is 5.97 Å². The molecule has 1 fully saturated rings. The topological polar surface area (TPSA) is 86.7 Å². The Morgan fingerprint density at radius 2 is 2.25 bits per heavy atom. The number of carboxylic acids is 1. The molecule has 2 rings (SSSR count). The number of nitrogens with one attached hydrogen (secondary N) is 1. The van der Waals surface area contributed by atoms with Gasteiger partial charge in [0, 0.05) is 12.6 Å². The van der Waals surface area contributed by atoms with Crippen molar-refractivity contribution < 1.29 is 18.3 Å². The molecule has 1 aliphatic rings. The summed E-state index contributed by atoms with van der Waals surface area (Å²) >= 11 is 0. The minimum Gasteiger partial charge on any atom is -0.478 e. The van der Waals surface area contributed by atoms with E-state index >= 15 is 0 Å². The number of hydrogen-bond acceptors (Lipinski definition) is 4. The Balaban J connectivity index is 2.04. The van der Waals surface area contributed by atoms with E-state index in [1.807, 2.05) is 7.05 Å². The summed E-state index contributed by atoms with van der Waals surface area (Å²) in [5.41, 5.74) is 0.571. The molecular formula is C13H18N2O4S. The third-order valence-corrected chi connectivity index (χ3v) is 4.67. The van der Waals surface area contributed by atoms with Crippen LogP contribution in [0, 0.1) is 0 Å². The summed E-state index contributed by atoms with van der Waals surface area (Å²) in [7, 11) is -1.50. The Bertz CT molecular complexity index is 600. The van der Waals surface area contributed by atoms with E-state index in [2.05, 4.69) is 9.62 Å². The van der Waals surface area contributed by atoms with Crippen LogP contribution in [0.15, 0.2) is 24.3 Å². The van der Waals surface area contributed by atoms with Gasteiger partial charge in [0.2, 0.25) is 10.0 Å². The Labute approximate surface area is 118 Å². The minimum absolute atomic E-state index is 0.0624. The molecule has 0 spiro atoms. The Kier molecular flexibility index (Phi) is 4.42. The van der Waals surface area contributed by atoms with Crippen molar-refractivity contribution in [2.75, 3.05) is 20.1 Å². The van der Waals surface area contributed by atoms with Crippen LogP contribution in [-0.2, 0) is 15.8 Å². The molecule has 0 radical (unpaired) electrons. The first-order chi connectivity index (χ1) is 9.35. The van der Waals surface area contributed by atoms with Gasteiger partial charge in [-0.05, 0) is 37.7 Å². The lowest BCUT2D eigenvalue weighted by atomic mass is 10.1. The van der Waals surface area contributed by atoms with Crippen molar-refractivity contribution >= 4 is 16.0 Å². The smallest absolute Gasteiger partial charge is 0.335 e. The molecule has 1 heterocycles. The monoisotopic (exact) mass is 298 g/mol. The van der Waals surface area contributed by atoms with Gasteiger partial charge in [0.1, 0.15) is 0 Å². The number of likely N-dealkylation sites (N-methyl/N-ethyl adjacent to an activating group) is 1. The first-order valence-corrected chi connectivity index (χ1v) is 8.02. The van der Waals surface area contributed by atoms with Crippen molar-refractivity contribution in [1.82, 2.24) is 9.62 Å². The lowest BCUT2D eigenvalue weighted by molar-refractivity contribution is 0.0696. The highest BCUT2D eigenvalue weighted by Gasteiger charge is 2.24. The summed E-state index contributed by atoms with van der Waals surface area (Å²) in [4.78, 5) is 12.9. The fourth-order valence-corrected chi connectivity index (χ4v) is 3.74. The molecule has 6 nitrogen and oxygen atoms in total. The van der Waals surface area contributed by atoms with Gasteiger partial charge in [0.25, 0.3) is 0 Å². The van der Waals surface area contributed by atoms with Crippen molar-refractivity contribution in [2.24, 2.45) is 0 Å². The maximum Gasteiger partial charge on any atom is 0.335 e. The van der Waals surface area contributed by atoms with Crippen molar-refractivity contribution in [2.45, 2.75) is 18.2 Å². The molecule has 0 bridgehead atoms. The van der Waals surface area contributed by atoms with Crippen LogP contribution in [0.25, 0.3) is 0 Å². The van der Waals surface area contributed by atoms with Crippen molar-refractivity contribution in [3.63, 3.8) is 0 Å². The number of hydrogen-bond donors (Lipinski definition) is 2. The van der Waals surface area contributed by atoms with E-state index in [1.54, 1.807) is 12.1 Å². The fourth-order valence-electron chi connectivity index (χ4n) is 2.34. The van der Waals surface area contributed by atoms with Crippen LogP contribution in [0.1, 0.15) is 22.3 Å². The van der Waals surface area contributed by atoms with E-state index in [0.717, 1.165) is 13.0 Å². The van der Waals surface area contributed by atoms with Gasteiger partial charge in [-0.1, -0.05) is 12.1 Å². The third-order valence-electron chi connectivity index (χ3n) is 3.27. The highest BCUT2D eigenvalue weighted by Crippen LogP contribution is 2.12. The largest absolute Gasteiger partial charge is 0.478 e. The lowest BCUT2D eigenvalue weighted by Crippen LogP contribution is -2.37. The maximum atomic E-state index is 12.1. The third kappa shape index (κ3) is 4.03. The summed E-state index contributed by atoms with van der Waals surface area (Å²) in [5, 5.41) is 8.90. The molecule has 1 aromatic rings. The van der Waals surface area contributed by atoms with Crippen molar-refractivity contribution in [3.05, 3.63) is 35.4 Å². The number of aromatic carboxylic acids is 1. The van der Waals surface area contributed by atoms with Gasteiger partial charge in [-0.25, -0.2) is 17.9 Å². The summed E-state index contributed by atoms with van der Waals surface area (Å²) in [6.07, 6.45) is 0.797. The van der Waals surface area contributed by atoms with Crippen molar-refractivity contribution in [1.29, 1.82) is 0 Å². The number of nitrogens with zero attached hydrogens (tertiary/aromatic N) is 1. The SMILES string of the molecule is CN1CCC(NS(=O)(=O)Cc2cccc(C(=O)O)c2)C1. The van der Waals surface area contributed by atoms with Crippen LogP contribution >= 0.6 is 0 Å². The highest BCUT2D eigenvalue weighted by atomic mass is 32.2. The van der Waals surface area contributed by atoms with E-state index in [0.29, 0.717) is 12.1 Å².